The summed E-state index contributed by atoms with van der Waals surface area (Å²) < 4.78 is 11.1. The molecule has 2 atom stereocenters. The van der Waals surface area contributed by atoms with E-state index >= 15 is 0 Å². The molecule has 0 saturated heterocycles. The Kier molecular flexibility index (Phi) is 4.67. The highest BCUT2D eigenvalue weighted by atomic mass is 32.2. The number of nitrogens with one attached hydrogen (secondary N) is 1. The van der Waals surface area contributed by atoms with Crippen LogP contribution in [0.2, 0.25) is 0 Å². The van der Waals surface area contributed by atoms with E-state index in [4.69, 9.17) is 5.73 Å². The highest BCUT2D eigenvalue weighted by Gasteiger charge is 2.05. The number of hydrogen-bond donors (Lipinski definition) is 2. The van der Waals surface area contributed by atoms with E-state index in [0.717, 1.165) is 18.8 Å². The molecule has 0 aliphatic heterocycles. The molecule has 0 aliphatic rings. The Hall–Kier alpha value is -1.17. The third-order valence-electron chi connectivity index (χ3n) is 2.28. The Morgan fingerprint density at radius 2 is 2.25 bits per heavy atom. The zero-order valence-corrected chi connectivity index (χ0v) is 10.7. The van der Waals surface area contributed by atoms with E-state index in [-0.39, 0.29) is 5.25 Å². The average molecular weight is 242 g/mol. The van der Waals surface area contributed by atoms with E-state index in [9.17, 15) is 4.21 Å². The molecule has 0 spiro atoms. The zero-order chi connectivity index (χ0) is 12.1. The molecule has 0 aliphatic carbocycles. The number of aryl methyl sites for hydroxylation is 1. The molecule has 0 bridgehead atoms. The second-order valence-corrected chi connectivity index (χ2v) is 5.55. The van der Waals surface area contributed by atoms with Gasteiger partial charge in [0, 0.05) is 34.9 Å². The molecule has 0 radical (unpaired) electrons. The van der Waals surface area contributed by atoms with Crippen molar-refractivity contribution in [3.8, 4) is 0 Å². The van der Waals surface area contributed by atoms with Crippen molar-refractivity contribution >= 4 is 22.4 Å². The topological polar surface area (TPSA) is 80.9 Å². The van der Waals surface area contributed by atoms with Crippen molar-refractivity contribution in [1.29, 1.82) is 0 Å². The quantitative estimate of drug-likeness (QED) is 0.803. The number of aromatic nitrogens is 2. The van der Waals surface area contributed by atoms with Gasteiger partial charge in [0.1, 0.15) is 17.5 Å². The maximum Gasteiger partial charge on any atom is 0.131 e. The van der Waals surface area contributed by atoms with Crippen LogP contribution in [-0.4, -0.2) is 32.2 Å². The molecule has 1 aromatic heterocycles. The lowest BCUT2D eigenvalue weighted by molar-refractivity contribution is 0.672. The first-order valence-corrected chi connectivity index (χ1v) is 6.78. The van der Waals surface area contributed by atoms with Gasteiger partial charge in [-0.05, 0) is 13.3 Å². The summed E-state index contributed by atoms with van der Waals surface area (Å²) in [5, 5.41) is 3.33. The summed E-state index contributed by atoms with van der Waals surface area (Å²) >= 11 is 0. The Morgan fingerprint density at radius 1 is 1.56 bits per heavy atom. The van der Waals surface area contributed by atoms with Gasteiger partial charge in [0.05, 0.1) is 0 Å². The van der Waals surface area contributed by atoms with Crippen molar-refractivity contribution in [2.75, 3.05) is 23.9 Å². The van der Waals surface area contributed by atoms with Gasteiger partial charge in [-0.1, -0.05) is 6.92 Å². The Balaban J connectivity index is 2.46. The van der Waals surface area contributed by atoms with Gasteiger partial charge >= 0.3 is 0 Å². The van der Waals surface area contributed by atoms with E-state index in [2.05, 4.69) is 15.3 Å². The molecule has 90 valence electrons. The first-order valence-electron chi connectivity index (χ1n) is 5.16. The van der Waals surface area contributed by atoms with E-state index in [0.29, 0.717) is 11.6 Å². The molecule has 1 heterocycles. The molecule has 0 amide bonds. The van der Waals surface area contributed by atoms with Crippen LogP contribution in [-0.2, 0) is 10.8 Å². The van der Waals surface area contributed by atoms with Gasteiger partial charge in [-0.2, -0.15) is 0 Å². The molecule has 2 unspecified atom stereocenters. The van der Waals surface area contributed by atoms with Crippen LogP contribution in [0.3, 0.4) is 0 Å². The Labute approximate surface area is 98.3 Å². The number of anilines is 2. The molecule has 6 heteroatoms. The van der Waals surface area contributed by atoms with E-state index < -0.39 is 10.8 Å². The third kappa shape index (κ3) is 4.14. The van der Waals surface area contributed by atoms with Crippen molar-refractivity contribution < 1.29 is 4.21 Å². The van der Waals surface area contributed by atoms with Crippen LogP contribution < -0.4 is 11.1 Å². The molecule has 1 rings (SSSR count). The normalized spacial score (nSPS) is 14.4. The molecule has 3 N–H and O–H groups in total. The summed E-state index contributed by atoms with van der Waals surface area (Å²) in [5.74, 6) is 1.83. The maximum atomic E-state index is 11.1. The van der Waals surface area contributed by atoms with Gasteiger partial charge in [0.25, 0.3) is 0 Å². The number of rotatable bonds is 5. The molecule has 16 heavy (non-hydrogen) atoms. The highest BCUT2D eigenvalue weighted by Crippen LogP contribution is 2.08. The van der Waals surface area contributed by atoms with Crippen LogP contribution in [0, 0.1) is 6.92 Å². The minimum Gasteiger partial charge on any atom is -0.384 e. The number of nitrogens with two attached hydrogens (primary N) is 1. The molecule has 0 fully saturated rings. The van der Waals surface area contributed by atoms with Crippen molar-refractivity contribution in [1.82, 2.24) is 9.97 Å². The monoisotopic (exact) mass is 242 g/mol. The van der Waals surface area contributed by atoms with Gasteiger partial charge in [0.2, 0.25) is 0 Å². The average Bonchev–Trinajstić information content (AvgIpc) is 2.15. The van der Waals surface area contributed by atoms with E-state index in [1.54, 1.807) is 19.2 Å². The lowest BCUT2D eigenvalue weighted by atomic mass is 10.3. The number of nitrogen functional groups attached to an aromatic ring is 1. The predicted molar refractivity (Wildman–Crippen MR) is 67.8 cm³/mol. The SMILES string of the molecule is Cc1nc(N)cc(NCCC(C)S(C)=O)n1. The lowest BCUT2D eigenvalue weighted by Gasteiger charge is -2.10. The summed E-state index contributed by atoms with van der Waals surface area (Å²) in [6, 6.07) is 1.70. The van der Waals surface area contributed by atoms with E-state index in [1.807, 2.05) is 6.92 Å². The van der Waals surface area contributed by atoms with Crippen LogP contribution in [0.1, 0.15) is 19.2 Å². The fraction of sp³-hybridized carbons (Fsp3) is 0.600. The van der Waals surface area contributed by atoms with E-state index in [1.165, 1.54) is 0 Å². The third-order valence-corrected chi connectivity index (χ3v) is 3.65. The second kappa shape index (κ2) is 5.79. The van der Waals surface area contributed by atoms with Gasteiger partial charge in [-0.3, -0.25) is 4.21 Å². The molecular formula is C10H18N4OS. The molecule has 5 nitrogen and oxygen atoms in total. The molecule has 0 saturated carbocycles. The lowest BCUT2D eigenvalue weighted by Crippen LogP contribution is -2.15. The number of hydrogen-bond acceptors (Lipinski definition) is 5. The molecule has 1 aromatic rings. The largest absolute Gasteiger partial charge is 0.384 e. The minimum atomic E-state index is -0.774. The van der Waals surface area contributed by atoms with Gasteiger partial charge < -0.3 is 11.1 Å². The standard InChI is InChI=1S/C10H18N4OS/c1-7(16(3)15)4-5-12-10-6-9(11)13-8(2)14-10/h6-7H,4-5H2,1-3H3,(H3,11,12,13,14). The van der Waals surface area contributed by atoms with Crippen molar-refractivity contribution in [2.24, 2.45) is 0 Å². The predicted octanol–water partition coefficient (Wildman–Crippen LogP) is 0.936. The first kappa shape index (κ1) is 12.9. The fourth-order valence-electron chi connectivity index (χ4n) is 1.25. The van der Waals surface area contributed by atoms with Crippen molar-refractivity contribution in [2.45, 2.75) is 25.5 Å². The molecular weight excluding hydrogens is 224 g/mol. The van der Waals surface area contributed by atoms with Crippen LogP contribution in [0.25, 0.3) is 0 Å². The second-order valence-electron chi connectivity index (χ2n) is 3.75. The smallest absolute Gasteiger partial charge is 0.131 e. The zero-order valence-electron chi connectivity index (χ0n) is 9.86. The van der Waals surface area contributed by atoms with Gasteiger partial charge in [-0.25, -0.2) is 9.97 Å². The molecule has 0 aromatic carbocycles. The number of nitrogens with zero attached hydrogens (tertiary/aromatic N) is 2. The summed E-state index contributed by atoms with van der Waals surface area (Å²) in [4.78, 5) is 8.18. The first-order chi connectivity index (χ1) is 7.49. The minimum absolute atomic E-state index is 0.188. The Morgan fingerprint density at radius 3 is 2.81 bits per heavy atom. The highest BCUT2D eigenvalue weighted by molar-refractivity contribution is 7.84. The fourth-order valence-corrected chi connectivity index (χ4v) is 1.70. The van der Waals surface area contributed by atoms with Crippen molar-refractivity contribution in [3.63, 3.8) is 0 Å². The van der Waals surface area contributed by atoms with Crippen LogP contribution in [0.15, 0.2) is 6.07 Å². The van der Waals surface area contributed by atoms with Gasteiger partial charge in [-0.15, -0.1) is 0 Å². The maximum absolute atomic E-state index is 11.1. The summed E-state index contributed by atoms with van der Waals surface area (Å²) in [6.45, 7) is 4.50. The Bertz CT molecular complexity index is 363. The summed E-state index contributed by atoms with van der Waals surface area (Å²) in [5.41, 5.74) is 5.60. The van der Waals surface area contributed by atoms with Crippen LogP contribution >= 0.6 is 0 Å². The summed E-state index contributed by atoms with van der Waals surface area (Å²) in [6.07, 6.45) is 2.56. The van der Waals surface area contributed by atoms with Crippen molar-refractivity contribution in [3.05, 3.63) is 11.9 Å². The van der Waals surface area contributed by atoms with Crippen LogP contribution in [0.4, 0.5) is 11.6 Å². The van der Waals surface area contributed by atoms with Gasteiger partial charge in [0.15, 0.2) is 0 Å². The summed E-state index contributed by atoms with van der Waals surface area (Å²) in [7, 11) is -0.774. The van der Waals surface area contributed by atoms with Crippen LogP contribution in [0.5, 0.6) is 0 Å².